The Labute approximate surface area is 102 Å². The van der Waals surface area contributed by atoms with Crippen LogP contribution in [0.25, 0.3) is 0 Å². The minimum atomic E-state index is 0.354. The third-order valence-corrected chi connectivity index (χ3v) is 2.86. The third-order valence-electron chi connectivity index (χ3n) is 1.39. The lowest BCUT2D eigenvalue weighted by Crippen LogP contribution is -1.91. The summed E-state index contributed by atoms with van der Waals surface area (Å²) in [6, 6.07) is 3.40. The Bertz CT molecular complexity index is 325. The van der Waals surface area contributed by atoms with Crippen LogP contribution >= 0.6 is 58.6 Å². The van der Waals surface area contributed by atoms with Crippen molar-refractivity contribution in [1.29, 1.82) is 0 Å². The highest BCUT2D eigenvalue weighted by Gasteiger charge is 2.06. The highest BCUT2D eigenvalue weighted by atomic mass is 35.5. The summed E-state index contributed by atoms with van der Waals surface area (Å²) in [7, 11) is 0. The van der Waals surface area contributed by atoms with E-state index in [9.17, 15) is 0 Å². The standard InChI is InChI=1S/C8H4Cl4S/c9-5-1-4(3-7(11)13)2-6(10)8(5)12/h1-2H,3H2. The lowest BCUT2D eigenvalue weighted by molar-refractivity contribution is 1.37. The Morgan fingerprint density at radius 2 is 1.62 bits per heavy atom. The summed E-state index contributed by atoms with van der Waals surface area (Å²) in [5.41, 5.74) is 0.861. The zero-order valence-corrected chi connectivity index (χ0v) is 10.1. The van der Waals surface area contributed by atoms with Crippen LogP contribution in [0.4, 0.5) is 0 Å². The Morgan fingerprint density at radius 1 is 1.15 bits per heavy atom. The molecule has 1 rings (SSSR count). The summed E-state index contributed by atoms with van der Waals surface area (Å²) in [5.74, 6) is 0. The molecule has 0 spiro atoms. The maximum atomic E-state index is 5.80. The summed E-state index contributed by atoms with van der Waals surface area (Å²) in [4.78, 5) is 0. The molecule has 0 bridgehead atoms. The molecule has 0 N–H and O–H groups in total. The van der Waals surface area contributed by atoms with E-state index >= 15 is 0 Å². The van der Waals surface area contributed by atoms with E-state index in [1.807, 2.05) is 0 Å². The number of halogens is 4. The average Bonchev–Trinajstić information content (AvgIpc) is 1.98. The van der Waals surface area contributed by atoms with Crippen LogP contribution < -0.4 is 0 Å². The average molecular weight is 274 g/mol. The SMILES string of the molecule is S=C(Cl)Cc1cc(Cl)c(Cl)c(Cl)c1. The van der Waals surface area contributed by atoms with Crippen LogP contribution in [0.2, 0.25) is 15.1 Å². The molecule has 1 aromatic carbocycles. The molecule has 0 unspecified atom stereocenters. The summed E-state index contributed by atoms with van der Waals surface area (Å²) >= 11 is 27.7. The normalized spacial score (nSPS) is 10.2. The molecule has 0 saturated carbocycles. The molecule has 0 aliphatic heterocycles. The molecule has 0 atom stereocenters. The van der Waals surface area contributed by atoms with Crippen molar-refractivity contribution in [3.8, 4) is 0 Å². The molecule has 0 aliphatic carbocycles. The van der Waals surface area contributed by atoms with Crippen molar-refractivity contribution in [2.75, 3.05) is 0 Å². The molecule has 70 valence electrons. The van der Waals surface area contributed by atoms with Crippen molar-refractivity contribution < 1.29 is 0 Å². The maximum absolute atomic E-state index is 5.80. The van der Waals surface area contributed by atoms with E-state index in [2.05, 4.69) is 0 Å². The summed E-state index contributed by atoms with van der Waals surface area (Å²) < 4.78 is 0.370. The van der Waals surface area contributed by atoms with Crippen molar-refractivity contribution in [2.24, 2.45) is 0 Å². The number of hydrogen-bond donors (Lipinski definition) is 0. The Balaban J connectivity index is 3.06. The van der Waals surface area contributed by atoms with E-state index in [4.69, 9.17) is 58.6 Å². The maximum Gasteiger partial charge on any atom is 0.0852 e. The van der Waals surface area contributed by atoms with Gasteiger partial charge < -0.3 is 0 Å². The summed E-state index contributed by atoms with van der Waals surface area (Å²) in [6.45, 7) is 0. The predicted molar refractivity (Wildman–Crippen MR) is 63.6 cm³/mol. The largest absolute Gasteiger partial charge is 0.0852 e. The quantitative estimate of drug-likeness (QED) is 0.426. The van der Waals surface area contributed by atoms with E-state index in [0.29, 0.717) is 25.8 Å². The molecule has 0 heterocycles. The van der Waals surface area contributed by atoms with Gasteiger partial charge in [0.25, 0.3) is 0 Å². The lowest BCUT2D eigenvalue weighted by atomic mass is 10.2. The fourth-order valence-electron chi connectivity index (χ4n) is 0.871. The van der Waals surface area contributed by atoms with Gasteiger partial charge in [-0.15, -0.1) is 0 Å². The third kappa shape index (κ3) is 3.26. The van der Waals surface area contributed by atoms with Crippen molar-refractivity contribution in [3.63, 3.8) is 0 Å². The van der Waals surface area contributed by atoms with E-state index in [0.717, 1.165) is 5.56 Å². The van der Waals surface area contributed by atoms with Gasteiger partial charge in [-0.3, -0.25) is 0 Å². The van der Waals surface area contributed by atoms with Gasteiger partial charge >= 0.3 is 0 Å². The van der Waals surface area contributed by atoms with Crippen LogP contribution in [0.5, 0.6) is 0 Å². The second-order valence-corrected chi connectivity index (χ2v) is 4.77. The number of benzene rings is 1. The van der Waals surface area contributed by atoms with Gasteiger partial charge in [-0.25, -0.2) is 0 Å². The van der Waals surface area contributed by atoms with Crippen LogP contribution in [0.1, 0.15) is 5.56 Å². The molecular formula is C8H4Cl4S. The Kier molecular flexibility index (Phi) is 4.27. The zero-order valence-electron chi connectivity index (χ0n) is 6.28. The van der Waals surface area contributed by atoms with Gasteiger partial charge in [0, 0.05) is 6.42 Å². The molecule has 0 aliphatic rings. The Hall–Kier alpha value is 0.470. The molecule has 0 radical (unpaired) electrons. The van der Waals surface area contributed by atoms with Crippen LogP contribution in [-0.4, -0.2) is 4.32 Å². The van der Waals surface area contributed by atoms with E-state index in [1.165, 1.54) is 0 Å². The first kappa shape index (κ1) is 11.5. The molecule has 13 heavy (non-hydrogen) atoms. The summed E-state index contributed by atoms with van der Waals surface area (Å²) in [5, 5.41) is 1.18. The molecular weight excluding hydrogens is 270 g/mol. The van der Waals surface area contributed by atoms with Gasteiger partial charge in [-0.1, -0.05) is 58.6 Å². The fraction of sp³-hybridized carbons (Fsp3) is 0.125. The topological polar surface area (TPSA) is 0 Å². The summed E-state index contributed by atoms with van der Waals surface area (Å²) in [6.07, 6.45) is 0.466. The van der Waals surface area contributed by atoms with Crippen LogP contribution in [0.15, 0.2) is 12.1 Å². The van der Waals surface area contributed by atoms with Gasteiger partial charge in [-0.05, 0) is 17.7 Å². The van der Waals surface area contributed by atoms with Crippen molar-refractivity contribution in [3.05, 3.63) is 32.8 Å². The minimum Gasteiger partial charge on any atom is -0.0826 e. The predicted octanol–water partition coefficient (Wildman–Crippen LogP) is 4.76. The fourth-order valence-corrected chi connectivity index (χ4v) is 1.83. The van der Waals surface area contributed by atoms with Gasteiger partial charge in [0.05, 0.1) is 19.4 Å². The molecule has 0 amide bonds. The molecule has 5 heteroatoms. The highest BCUT2D eigenvalue weighted by Crippen LogP contribution is 2.31. The second-order valence-electron chi connectivity index (χ2n) is 2.41. The van der Waals surface area contributed by atoms with E-state index in [-0.39, 0.29) is 0 Å². The van der Waals surface area contributed by atoms with Crippen molar-refractivity contribution in [2.45, 2.75) is 6.42 Å². The van der Waals surface area contributed by atoms with Gasteiger partial charge in [0.1, 0.15) is 0 Å². The Morgan fingerprint density at radius 3 is 2.00 bits per heavy atom. The minimum absolute atomic E-state index is 0.354. The van der Waals surface area contributed by atoms with Crippen LogP contribution in [0.3, 0.4) is 0 Å². The molecule has 0 nitrogen and oxygen atoms in total. The van der Waals surface area contributed by atoms with Crippen LogP contribution in [0, 0.1) is 0 Å². The molecule has 0 fully saturated rings. The smallest absolute Gasteiger partial charge is 0.0826 e. The zero-order chi connectivity index (χ0) is 10.0. The van der Waals surface area contributed by atoms with Gasteiger partial charge in [0.15, 0.2) is 0 Å². The van der Waals surface area contributed by atoms with E-state index < -0.39 is 0 Å². The lowest BCUT2D eigenvalue weighted by Gasteiger charge is -2.03. The molecule has 1 aromatic rings. The first-order valence-corrected chi connectivity index (χ1v) is 5.24. The van der Waals surface area contributed by atoms with Crippen molar-refractivity contribution >= 4 is 62.9 Å². The number of rotatable bonds is 2. The number of hydrogen-bond acceptors (Lipinski definition) is 1. The highest BCUT2D eigenvalue weighted by molar-refractivity contribution is 7.83. The second kappa shape index (κ2) is 4.81. The van der Waals surface area contributed by atoms with E-state index in [1.54, 1.807) is 12.1 Å². The first-order chi connectivity index (χ1) is 6.00. The first-order valence-electron chi connectivity index (χ1n) is 3.32. The molecule has 0 aromatic heterocycles. The van der Waals surface area contributed by atoms with Crippen molar-refractivity contribution in [1.82, 2.24) is 0 Å². The monoisotopic (exact) mass is 272 g/mol. The van der Waals surface area contributed by atoms with Crippen LogP contribution in [-0.2, 0) is 6.42 Å². The molecule has 0 saturated heterocycles. The van der Waals surface area contributed by atoms with Gasteiger partial charge in [-0.2, -0.15) is 0 Å². The van der Waals surface area contributed by atoms with Gasteiger partial charge in [0.2, 0.25) is 0 Å². The number of thiocarbonyl (C=S) groups is 1.